The minimum absolute atomic E-state index is 0.171. The van der Waals surface area contributed by atoms with Crippen LogP contribution in [0.3, 0.4) is 0 Å². The van der Waals surface area contributed by atoms with Gasteiger partial charge in [0.15, 0.2) is 0 Å². The number of nitrogens with two attached hydrogens (primary N) is 1. The molecule has 2 N–H and O–H groups in total. The fraction of sp³-hybridized carbons (Fsp3) is 0.929. The van der Waals surface area contributed by atoms with Crippen molar-refractivity contribution in [3.8, 4) is 6.07 Å². The molecule has 0 spiro atoms. The molecule has 4 rings (SSSR count). The number of hydrogen-bond acceptors (Lipinski definition) is 3. The zero-order valence-electron chi connectivity index (χ0n) is 10.4. The molecule has 0 saturated heterocycles. The van der Waals surface area contributed by atoms with Gasteiger partial charge in [-0.3, -0.25) is 0 Å². The highest BCUT2D eigenvalue weighted by atomic mass is 16.5. The Labute approximate surface area is 103 Å². The summed E-state index contributed by atoms with van der Waals surface area (Å²) in [5.41, 5.74) is 5.78. The van der Waals surface area contributed by atoms with Gasteiger partial charge in [-0.1, -0.05) is 0 Å². The molecule has 94 valence electrons. The van der Waals surface area contributed by atoms with E-state index in [1.54, 1.807) is 0 Å². The van der Waals surface area contributed by atoms with E-state index in [0.717, 1.165) is 17.8 Å². The first-order valence-corrected chi connectivity index (χ1v) is 6.98. The lowest BCUT2D eigenvalue weighted by Crippen LogP contribution is -2.52. The van der Waals surface area contributed by atoms with Gasteiger partial charge in [-0.15, -0.1) is 0 Å². The molecule has 0 aromatic carbocycles. The van der Waals surface area contributed by atoms with E-state index in [2.05, 4.69) is 6.07 Å². The molecule has 3 heteroatoms. The van der Waals surface area contributed by atoms with Crippen LogP contribution in [0.5, 0.6) is 0 Å². The van der Waals surface area contributed by atoms with Crippen molar-refractivity contribution < 1.29 is 4.74 Å². The lowest BCUT2D eigenvalue weighted by atomic mass is 9.54. The van der Waals surface area contributed by atoms with Crippen molar-refractivity contribution in [3.63, 3.8) is 0 Å². The second-order valence-corrected chi connectivity index (χ2v) is 6.47. The number of rotatable bonds is 4. The number of nitriles is 1. The molecule has 0 radical (unpaired) electrons. The van der Waals surface area contributed by atoms with Crippen LogP contribution in [0.25, 0.3) is 0 Å². The van der Waals surface area contributed by atoms with Crippen molar-refractivity contribution in [2.45, 2.75) is 56.6 Å². The van der Waals surface area contributed by atoms with Crippen LogP contribution in [0.4, 0.5) is 0 Å². The third-order valence-electron chi connectivity index (χ3n) is 4.98. The van der Waals surface area contributed by atoms with E-state index >= 15 is 0 Å². The zero-order chi connectivity index (χ0) is 11.9. The van der Waals surface area contributed by atoms with Crippen molar-refractivity contribution in [1.82, 2.24) is 0 Å². The van der Waals surface area contributed by atoms with E-state index in [1.807, 2.05) is 0 Å². The molecule has 4 aliphatic rings. The molecule has 4 fully saturated rings. The van der Waals surface area contributed by atoms with Gasteiger partial charge in [0.1, 0.15) is 0 Å². The summed E-state index contributed by atoms with van der Waals surface area (Å²) in [5.74, 6) is 2.77. The molecule has 1 atom stereocenters. The highest BCUT2D eigenvalue weighted by Crippen LogP contribution is 2.57. The van der Waals surface area contributed by atoms with Gasteiger partial charge in [-0.25, -0.2) is 0 Å². The first-order chi connectivity index (χ1) is 8.19. The van der Waals surface area contributed by atoms with Gasteiger partial charge < -0.3 is 10.5 Å². The van der Waals surface area contributed by atoms with Gasteiger partial charge in [0.05, 0.1) is 17.7 Å². The Morgan fingerprint density at radius 2 is 1.71 bits per heavy atom. The lowest BCUT2D eigenvalue weighted by molar-refractivity contribution is -0.162. The molecule has 1 unspecified atom stereocenters. The van der Waals surface area contributed by atoms with Gasteiger partial charge in [0.2, 0.25) is 0 Å². The highest BCUT2D eigenvalue weighted by molar-refractivity contribution is 5.03. The number of hydrogen-bond donors (Lipinski definition) is 1. The van der Waals surface area contributed by atoms with E-state index in [9.17, 15) is 0 Å². The van der Waals surface area contributed by atoms with E-state index in [0.29, 0.717) is 13.0 Å². The van der Waals surface area contributed by atoms with Crippen LogP contribution >= 0.6 is 0 Å². The van der Waals surface area contributed by atoms with Crippen LogP contribution in [0.2, 0.25) is 0 Å². The summed E-state index contributed by atoms with van der Waals surface area (Å²) in [4.78, 5) is 0. The van der Waals surface area contributed by atoms with Gasteiger partial charge in [-0.05, 0) is 62.7 Å². The highest BCUT2D eigenvalue weighted by Gasteiger charge is 2.51. The first-order valence-electron chi connectivity index (χ1n) is 6.98. The molecule has 0 aromatic heterocycles. The van der Waals surface area contributed by atoms with Gasteiger partial charge >= 0.3 is 0 Å². The van der Waals surface area contributed by atoms with Crippen LogP contribution in [0, 0.1) is 29.1 Å². The molecule has 4 bridgehead atoms. The Morgan fingerprint density at radius 1 is 1.18 bits per heavy atom. The quantitative estimate of drug-likeness (QED) is 0.811. The normalized spacial score (nSPS) is 44.6. The molecule has 4 aliphatic carbocycles. The minimum Gasteiger partial charge on any atom is -0.375 e. The topological polar surface area (TPSA) is 59.0 Å². The predicted octanol–water partition coefficient (Wildman–Crippen LogP) is 2.21. The van der Waals surface area contributed by atoms with Crippen molar-refractivity contribution in [2.24, 2.45) is 23.5 Å². The fourth-order valence-corrected chi connectivity index (χ4v) is 4.67. The summed E-state index contributed by atoms with van der Waals surface area (Å²) in [6, 6.07) is 1.71. The summed E-state index contributed by atoms with van der Waals surface area (Å²) in [6.45, 7) is 0.668. The van der Waals surface area contributed by atoms with Crippen LogP contribution in [0.15, 0.2) is 0 Å². The van der Waals surface area contributed by atoms with Crippen LogP contribution in [-0.4, -0.2) is 18.2 Å². The lowest BCUT2D eigenvalue weighted by Gasteiger charge is -2.56. The van der Waals surface area contributed by atoms with Gasteiger partial charge in [-0.2, -0.15) is 5.26 Å². The average Bonchev–Trinajstić information content (AvgIpc) is 2.26. The minimum atomic E-state index is -0.357. The Morgan fingerprint density at radius 3 is 2.18 bits per heavy atom. The maximum atomic E-state index is 8.66. The first kappa shape index (κ1) is 11.5. The van der Waals surface area contributed by atoms with Crippen molar-refractivity contribution >= 4 is 0 Å². The fourth-order valence-electron chi connectivity index (χ4n) is 4.67. The van der Waals surface area contributed by atoms with Crippen LogP contribution in [0.1, 0.15) is 44.9 Å². The summed E-state index contributed by atoms with van der Waals surface area (Å²) >= 11 is 0. The van der Waals surface area contributed by atoms with E-state index < -0.39 is 0 Å². The summed E-state index contributed by atoms with van der Waals surface area (Å²) in [5, 5.41) is 8.66. The van der Waals surface area contributed by atoms with Gasteiger partial charge in [0.25, 0.3) is 0 Å². The van der Waals surface area contributed by atoms with E-state index in [1.165, 1.54) is 38.5 Å². The molecule has 0 heterocycles. The molecular weight excluding hydrogens is 212 g/mol. The average molecular weight is 234 g/mol. The van der Waals surface area contributed by atoms with Crippen molar-refractivity contribution in [1.29, 1.82) is 5.26 Å². The molecule has 0 amide bonds. The van der Waals surface area contributed by atoms with Crippen LogP contribution in [-0.2, 0) is 4.74 Å². The third kappa shape index (κ3) is 2.21. The largest absolute Gasteiger partial charge is 0.375 e. The van der Waals surface area contributed by atoms with Crippen molar-refractivity contribution in [3.05, 3.63) is 0 Å². The second-order valence-electron chi connectivity index (χ2n) is 6.47. The Balaban J connectivity index is 1.57. The summed E-state index contributed by atoms with van der Waals surface area (Å²) < 4.78 is 6.18. The summed E-state index contributed by atoms with van der Waals surface area (Å²) in [7, 11) is 0. The Bertz CT molecular complexity index is 298. The SMILES string of the molecule is N#CC(N)CCOC12CC3CC(CC(C3)C1)C2. The molecule has 0 aliphatic heterocycles. The predicted molar refractivity (Wildman–Crippen MR) is 65.1 cm³/mol. The molecule has 0 aromatic rings. The zero-order valence-corrected chi connectivity index (χ0v) is 10.4. The van der Waals surface area contributed by atoms with E-state index in [4.69, 9.17) is 15.7 Å². The van der Waals surface area contributed by atoms with E-state index in [-0.39, 0.29) is 11.6 Å². The summed E-state index contributed by atoms with van der Waals surface area (Å²) in [6.07, 6.45) is 8.81. The second kappa shape index (κ2) is 4.26. The van der Waals surface area contributed by atoms with Gasteiger partial charge in [0, 0.05) is 6.61 Å². The van der Waals surface area contributed by atoms with Crippen LogP contribution < -0.4 is 5.73 Å². The molecule has 17 heavy (non-hydrogen) atoms. The number of nitrogens with zero attached hydrogens (tertiary/aromatic N) is 1. The third-order valence-corrected chi connectivity index (χ3v) is 4.98. The Kier molecular flexibility index (Phi) is 2.88. The number of ether oxygens (including phenoxy) is 1. The molecule has 3 nitrogen and oxygen atoms in total. The smallest absolute Gasteiger partial charge is 0.0950 e. The Hall–Kier alpha value is -0.590. The maximum Gasteiger partial charge on any atom is 0.0950 e. The molecule has 4 saturated carbocycles. The van der Waals surface area contributed by atoms with Crippen molar-refractivity contribution in [2.75, 3.05) is 6.61 Å². The molecular formula is C14H22N2O. The monoisotopic (exact) mass is 234 g/mol. The standard InChI is InChI=1S/C14H22N2O/c15-9-13(16)1-2-17-14-6-10-3-11(7-14)5-12(4-10)8-14/h10-13H,1-8,16H2. The maximum absolute atomic E-state index is 8.66.